The van der Waals surface area contributed by atoms with Gasteiger partial charge < -0.3 is 14.2 Å². The molecular weight excluding hydrogens is 328 g/mol. The number of rotatable bonds is 3. The molecule has 2 heterocycles. The second-order valence-corrected chi connectivity index (χ2v) is 7.12. The molecule has 0 fully saturated rings. The first kappa shape index (κ1) is 16.6. The van der Waals surface area contributed by atoms with Gasteiger partial charge in [0.25, 0.3) is 5.91 Å². The molecule has 2 aromatic rings. The Balaban J connectivity index is 1.69. The lowest BCUT2D eigenvalue weighted by molar-refractivity contribution is -0.121. The number of fused-ring (bicyclic) bond motifs is 1. The fraction of sp³-hybridized carbons (Fsp3) is 0.353. The lowest BCUT2D eigenvalue weighted by Gasteiger charge is -2.22. The van der Waals surface area contributed by atoms with Gasteiger partial charge >= 0.3 is 5.97 Å². The highest BCUT2D eigenvalue weighted by molar-refractivity contribution is 8.00. The van der Waals surface area contributed by atoms with Crippen LogP contribution in [0.2, 0.25) is 0 Å². The summed E-state index contributed by atoms with van der Waals surface area (Å²) in [5.74, 6) is -0.933. The molecule has 1 aromatic heterocycles. The maximum Gasteiger partial charge on any atom is 0.377 e. The summed E-state index contributed by atoms with van der Waals surface area (Å²) in [5, 5.41) is 4.05. The van der Waals surface area contributed by atoms with E-state index in [1.807, 2.05) is 24.3 Å². The number of aromatic nitrogens is 1. The number of ether oxygens (including phenoxy) is 1. The Morgan fingerprint density at radius 3 is 2.96 bits per heavy atom. The standard InChI is InChI=1S/C17H18N2O4S/c1-11-9-14(23-18-11)17(21)22-10-16(20)19-8-7-12(2)24-15-6-4-3-5-13(15)19/h3-6,9,12H,7-8,10H2,1-2H3/t12-/m0/s1. The maximum atomic E-state index is 12.6. The van der Waals surface area contributed by atoms with Gasteiger partial charge in [-0.2, -0.15) is 0 Å². The summed E-state index contributed by atoms with van der Waals surface area (Å²) in [7, 11) is 0. The SMILES string of the molecule is Cc1cc(C(=O)OCC(=O)N2CC[C@H](C)Sc3ccccc32)on1. The predicted molar refractivity (Wildman–Crippen MR) is 90.3 cm³/mol. The van der Waals surface area contributed by atoms with Gasteiger partial charge in [0, 0.05) is 22.8 Å². The third-order valence-corrected chi connectivity index (χ3v) is 4.94. The van der Waals surface area contributed by atoms with Crippen LogP contribution in [0.3, 0.4) is 0 Å². The zero-order valence-corrected chi connectivity index (χ0v) is 14.3. The van der Waals surface area contributed by atoms with Crippen molar-refractivity contribution in [2.45, 2.75) is 30.4 Å². The summed E-state index contributed by atoms with van der Waals surface area (Å²) in [6.45, 7) is 4.12. The van der Waals surface area contributed by atoms with Crippen molar-refractivity contribution in [3.8, 4) is 0 Å². The van der Waals surface area contributed by atoms with Crippen LogP contribution in [0.15, 0.2) is 39.8 Å². The van der Waals surface area contributed by atoms with Crippen molar-refractivity contribution in [3.05, 3.63) is 41.8 Å². The highest BCUT2D eigenvalue weighted by Crippen LogP contribution is 2.37. The van der Waals surface area contributed by atoms with Gasteiger partial charge in [0.05, 0.1) is 11.4 Å². The first-order valence-corrected chi connectivity index (χ1v) is 8.59. The molecule has 0 bridgehead atoms. The van der Waals surface area contributed by atoms with Crippen LogP contribution in [0.5, 0.6) is 0 Å². The van der Waals surface area contributed by atoms with Crippen molar-refractivity contribution < 1.29 is 18.8 Å². The number of aryl methyl sites for hydroxylation is 1. The van der Waals surface area contributed by atoms with Crippen LogP contribution in [0.1, 0.15) is 29.6 Å². The molecule has 0 radical (unpaired) electrons. The van der Waals surface area contributed by atoms with E-state index >= 15 is 0 Å². The van der Waals surface area contributed by atoms with Crippen LogP contribution in [0.25, 0.3) is 0 Å². The Kier molecular flexibility index (Phi) is 4.89. The number of hydrogen-bond donors (Lipinski definition) is 0. The fourth-order valence-electron chi connectivity index (χ4n) is 2.48. The zero-order valence-electron chi connectivity index (χ0n) is 13.5. The third kappa shape index (κ3) is 3.62. The minimum absolute atomic E-state index is 0.000689. The lowest BCUT2D eigenvalue weighted by Crippen LogP contribution is -2.35. The first-order chi connectivity index (χ1) is 11.5. The number of benzene rings is 1. The van der Waals surface area contributed by atoms with Crippen molar-refractivity contribution >= 4 is 29.3 Å². The Morgan fingerprint density at radius 1 is 1.42 bits per heavy atom. The third-order valence-electron chi connectivity index (χ3n) is 3.70. The normalized spacial score (nSPS) is 17.1. The number of hydrogen-bond acceptors (Lipinski definition) is 6. The van der Waals surface area contributed by atoms with Crippen LogP contribution >= 0.6 is 11.8 Å². The molecule has 1 aromatic carbocycles. The smallest absolute Gasteiger partial charge is 0.377 e. The average Bonchev–Trinajstić information content (AvgIpc) is 2.92. The Bertz CT molecular complexity index is 759. The van der Waals surface area contributed by atoms with Crippen molar-refractivity contribution in [2.75, 3.05) is 18.1 Å². The highest BCUT2D eigenvalue weighted by Gasteiger charge is 2.25. The number of carbonyl (C=O) groups is 2. The zero-order chi connectivity index (χ0) is 17.1. The predicted octanol–water partition coefficient (Wildman–Crippen LogP) is 3.06. The van der Waals surface area contributed by atoms with Gasteiger partial charge in [-0.25, -0.2) is 4.79 Å². The lowest BCUT2D eigenvalue weighted by atomic mass is 10.2. The van der Waals surface area contributed by atoms with Crippen LogP contribution in [0, 0.1) is 6.92 Å². The maximum absolute atomic E-state index is 12.6. The molecule has 0 saturated carbocycles. The van der Waals surface area contributed by atoms with Gasteiger partial charge in [-0.05, 0) is 25.5 Å². The minimum atomic E-state index is -0.685. The molecule has 0 aliphatic carbocycles. The van der Waals surface area contributed by atoms with Gasteiger partial charge in [-0.15, -0.1) is 11.8 Å². The van der Waals surface area contributed by atoms with Gasteiger partial charge in [0.2, 0.25) is 5.76 Å². The topological polar surface area (TPSA) is 72.6 Å². The molecule has 3 rings (SSSR count). The second-order valence-electron chi connectivity index (χ2n) is 5.64. The molecule has 1 atom stereocenters. The Morgan fingerprint density at radius 2 is 2.21 bits per heavy atom. The van der Waals surface area contributed by atoms with E-state index in [1.165, 1.54) is 6.07 Å². The Labute approximate surface area is 144 Å². The number of nitrogens with zero attached hydrogens (tertiary/aromatic N) is 2. The molecule has 0 unspecified atom stereocenters. The van der Waals surface area contributed by atoms with Crippen molar-refractivity contribution in [2.24, 2.45) is 0 Å². The van der Waals surface area contributed by atoms with E-state index in [4.69, 9.17) is 9.26 Å². The van der Waals surface area contributed by atoms with Gasteiger partial charge in [-0.3, -0.25) is 4.79 Å². The molecular formula is C17H18N2O4S. The summed E-state index contributed by atoms with van der Waals surface area (Å²) in [5.41, 5.74) is 1.45. The molecule has 1 amide bonds. The fourth-order valence-corrected chi connectivity index (χ4v) is 3.59. The first-order valence-electron chi connectivity index (χ1n) is 7.71. The van der Waals surface area contributed by atoms with Crippen LogP contribution in [-0.4, -0.2) is 35.4 Å². The average molecular weight is 346 g/mol. The van der Waals surface area contributed by atoms with E-state index in [-0.39, 0.29) is 18.3 Å². The molecule has 0 N–H and O–H groups in total. The molecule has 0 spiro atoms. The van der Waals surface area contributed by atoms with Crippen LogP contribution in [-0.2, 0) is 9.53 Å². The van der Waals surface area contributed by atoms with E-state index in [0.717, 1.165) is 17.0 Å². The van der Waals surface area contributed by atoms with E-state index in [1.54, 1.807) is 23.6 Å². The number of amides is 1. The molecule has 6 nitrogen and oxygen atoms in total. The van der Waals surface area contributed by atoms with Crippen LogP contribution < -0.4 is 4.90 Å². The van der Waals surface area contributed by atoms with E-state index in [0.29, 0.717) is 17.5 Å². The molecule has 0 saturated heterocycles. The molecule has 7 heteroatoms. The van der Waals surface area contributed by atoms with Crippen molar-refractivity contribution in [1.82, 2.24) is 5.16 Å². The largest absolute Gasteiger partial charge is 0.450 e. The van der Waals surface area contributed by atoms with Crippen LogP contribution in [0.4, 0.5) is 5.69 Å². The molecule has 126 valence electrons. The summed E-state index contributed by atoms with van der Waals surface area (Å²) in [6.07, 6.45) is 0.875. The van der Waals surface area contributed by atoms with E-state index in [9.17, 15) is 9.59 Å². The molecule has 1 aliphatic heterocycles. The summed E-state index contributed by atoms with van der Waals surface area (Å²) in [6, 6.07) is 9.26. The van der Waals surface area contributed by atoms with Gasteiger partial charge in [0.15, 0.2) is 6.61 Å². The van der Waals surface area contributed by atoms with E-state index in [2.05, 4.69) is 12.1 Å². The highest BCUT2D eigenvalue weighted by atomic mass is 32.2. The Hall–Kier alpha value is -2.28. The number of esters is 1. The quantitative estimate of drug-likeness (QED) is 0.796. The summed E-state index contributed by atoms with van der Waals surface area (Å²) >= 11 is 1.75. The number of anilines is 1. The monoisotopic (exact) mass is 346 g/mol. The van der Waals surface area contributed by atoms with Gasteiger partial charge in [-0.1, -0.05) is 24.2 Å². The summed E-state index contributed by atoms with van der Waals surface area (Å²) in [4.78, 5) is 27.2. The van der Waals surface area contributed by atoms with E-state index < -0.39 is 5.97 Å². The minimum Gasteiger partial charge on any atom is -0.450 e. The van der Waals surface area contributed by atoms with Crippen molar-refractivity contribution in [3.63, 3.8) is 0 Å². The second kappa shape index (κ2) is 7.09. The number of thioether (sulfide) groups is 1. The summed E-state index contributed by atoms with van der Waals surface area (Å²) < 4.78 is 9.91. The molecule has 1 aliphatic rings. The van der Waals surface area contributed by atoms with Gasteiger partial charge in [0.1, 0.15) is 0 Å². The molecule has 24 heavy (non-hydrogen) atoms. The number of para-hydroxylation sites is 1. The van der Waals surface area contributed by atoms with Crippen molar-refractivity contribution in [1.29, 1.82) is 0 Å². The number of carbonyl (C=O) groups excluding carboxylic acids is 2.